The minimum atomic E-state index is 0.0240. The number of anilines is 1. The van der Waals surface area contributed by atoms with Crippen LogP contribution in [-0.4, -0.2) is 52.1 Å². The van der Waals surface area contributed by atoms with E-state index in [4.69, 9.17) is 16.1 Å². The molecule has 3 aromatic rings. The van der Waals surface area contributed by atoms with E-state index in [1.807, 2.05) is 17.0 Å². The first-order chi connectivity index (χ1) is 14.7. The molecule has 1 amide bonds. The van der Waals surface area contributed by atoms with Gasteiger partial charge in [-0.05, 0) is 49.2 Å². The summed E-state index contributed by atoms with van der Waals surface area (Å²) in [5.41, 5.74) is 1.48. The van der Waals surface area contributed by atoms with Crippen LogP contribution in [0.1, 0.15) is 35.9 Å². The monoisotopic (exact) mass is 425 g/mol. The number of amides is 1. The molecule has 0 unspecified atom stereocenters. The summed E-state index contributed by atoms with van der Waals surface area (Å²) in [4.78, 5) is 26.1. The van der Waals surface area contributed by atoms with E-state index in [0.29, 0.717) is 41.9 Å². The van der Waals surface area contributed by atoms with Crippen molar-refractivity contribution in [2.24, 2.45) is 0 Å². The second kappa shape index (κ2) is 9.26. The van der Waals surface area contributed by atoms with Gasteiger partial charge in [0.1, 0.15) is 5.82 Å². The van der Waals surface area contributed by atoms with Gasteiger partial charge in [-0.2, -0.15) is 4.98 Å². The lowest BCUT2D eigenvalue weighted by atomic mass is 10.2. The first kappa shape index (κ1) is 20.3. The van der Waals surface area contributed by atoms with Crippen LogP contribution in [0, 0.1) is 0 Å². The van der Waals surface area contributed by atoms with Crippen molar-refractivity contribution in [3.05, 3.63) is 59.0 Å². The number of rotatable bonds is 5. The van der Waals surface area contributed by atoms with E-state index < -0.39 is 0 Å². The van der Waals surface area contributed by atoms with Crippen molar-refractivity contribution in [2.45, 2.75) is 26.2 Å². The summed E-state index contributed by atoms with van der Waals surface area (Å²) >= 11 is 5.94. The molecule has 1 aromatic carbocycles. The number of halogens is 1. The third kappa shape index (κ3) is 4.46. The number of aromatic nitrogens is 3. The van der Waals surface area contributed by atoms with E-state index in [1.165, 1.54) is 0 Å². The van der Waals surface area contributed by atoms with E-state index >= 15 is 0 Å². The zero-order valence-corrected chi connectivity index (χ0v) is 17.7. The second-order valence-corrected chi connectivity index (χ2v) is 7.72. The highest BCUT2D eigenvalue weighted by molar-refractivity contribution is 6.30. The molecule has 1 saturated heterocycles. The summed E-state index contributed by atoms with van der Waals surface area (Å²) in [5, 5.41) is 4.69. The molecule has 0 aliphatic carbocycles. The van der Waals surface area contributed by atoms with Crippen molar-refractivity contribution in [3.8, 4) is 11.5 Å². The van der Waals surface area contributed by atoms with Gasteiger partial charge in [-0.3, -0.25) is 4.79 Å². The number of benzene rings is 1. The lowest BCUT2D eigenvalue weighted by Gasteiger charge is -2.24. The minimum absolute atomic E-state index is 0.0240. The molecule has 8 heteroatoms. The van der Waals surface area contributed by atoms with Crippen molar-refractivity contribution in [3.63, 3.8) is 0 Å². The van der Waals surface area contributed by atoms with Crippen LogP contribution in [0.2, 0.25) is 5.02 Å². The summed E-state index contributed by atoms with van der Waals surface area (Å²) in [5.74, 6) is 2.03. The summed E-state index contributed by atoms with van der Waals surface area (Å²) in [6.45, 7) is 4.87. The average molecular weight is 426 g/mol. The fourth-order valence-corrected chi connectivity index (χ4v) is 3.74. The Balaban J connectivity index is 1.51. The fourth-order valence-electron chi connectivity index (χ4n) is 3.61. The Bertz CT molecular complexity index is 1000. The summed E-state index contributed by atoms with van der Waals surface area (Å²) in [7, 11) is 0. The normalized spacial score (nSPS) is 14.6. The number of nitrogens with zero attached hydrogens (tertiary/aromatic N) is 5. The highest BCUT2D eigenvalue weighted by Crippen LogP contribution is 2.28. The van der Waals surface area contributed by atoms with Crippen LogP contribution < -0.4 is 4.90 Å². The topological polar surface area (TPSA) is 75.4 Å². The van der Waals surface area contributed by atoms with Gasteiger partial charge in [0.2, 0.25) is 0 Å². The molecule has 156 valence electrons. The predicted octanol–water partition coefficient (Wildman–Crippen LogP) is 4.09. The van der Waals surface area contributed by atoms with Crippen molar-refractivity contribution in [1.82, 2.24) is 20.0 Å². The van der Waals surface area contributed by atoms with E-state index in [2.05, 4.69) is 26.9 Å². The third-order valence-corrected chi connectivity index (χ3v) is 5.38. The van der Waals surface area contributed by atoms with E-state index in [9.17, 15) is 4.79 Å². The Kier molecular flexibility index (Phi) is 6.28. The molecule has 30 heavy (non-hydrogen) atoms. The van der Waals surface area contributed by atoms with Gasteiger partial charge in [0, 0.05) is 49.4 Å². The number of hydrogen-bond donors (Lipinski definition) is 0. The lowest BCUT2D eigenvalue weighted by Crippen LogP contribution is -2.35. The number of pyridine rings is 1. The van der Waals surface area contributed by atoms with Gasteiger partial charge >= 0.3 is 0 Å². The van der Waals surface area contributed by atoms with Gasteiger partial charge < -0.3 is 14.3 Å². The van der Waals surface area contributed by atoms with Gasteiger partial charge in [-0.25, -0.2) is 4.98 Å². The van der Waals surface area contributed by atoms with Crippen LogP contribution >= 0.6 is 11.6 Å². The Morgan fingerprint density at radius 1 is 1.13 bits per heavy atom. The molecular weight excluding hydrogens is 402 g/mol. The molecular formula is C22H24ClN5O2. The zero-order chi connectivity index (χ0) is 20.9. The van der Waals surface area contributed by atoms with Crippen LogP contribution in [0.15, 0.2) is 47.1 Å². The average Bonchev–Trinajstić information content (AvgIpc) is 3.09. The summed E-state index contributed by atoms with van der Waals surface area (Å²) in [6.07, 6.45) is 4.36. The highest BCUT2D eigenvalue weighted by Gasteiger charge is 2.24. The first-order valence-electron chi connectivity index (χ1n) is 10.2. The van der Waals surface area contributed by atoms with Gasteiger partial charge in [-0.15, -0.1) is 0 Å². The maximum absolute atomic E-state index is 12.9. The van der Waals surface area contributed by atoms with Crippen LogP contribution in [-0.2, 0) is 6.42 Å². The first-order valence-corrected chi connectivity index (χ1v) is 10.6. The second-order valence-electron chi connectivity index (χ2n) is 7.28. The molecule has 7 nitrogen and oxygen atoms in total. The van der Waals surface area contributed by atoms with Crippen molar-refractivity contribution < 1.29 is 9.32 Å². The fraction of sp³-hybridized carbons (Fsp3) is 0.364. The van der Waals surface area contributed by atoms with E-state index in [0.717, 1.165) is 37.2 Å². The molecule has 0 bridgehead atoms. The molecule has 1 aliphatic heterocycles. The highest BCUT2D eigenvalue weighted by atomic mass is 35.5. The number of carbonyl (C=O) groups excluding carboxylic acids is 1. The van der Waals surface area contributed by atoms with Crippen molar-refractivity contribution >= 4 is 23.3 Å². The van der Waals surface area contributed by atoms with Crippen molar-refractivity contribution in [2.75, 3.05) is 31.1 Å². The quantitative estimate of drug-likeness (QED) is 0.612. The number of hydrogen-bond acceptors (Lipinski definition) is 6. The summed E-state index contributed by atoms with van der Waals surface area (Å²) < 4.78 is 5.49. The van der Waals surface area contributed by atoms with Crippen LogP contribution in [0.4, 0.5) is 5.82 Å². The zero-order valence-electron chi connectivity index (χ0n) is 16.9. The minimum Gasteiger partial charge on any atom is -0.354 e. The Morgan fingerprint density at radius 2 is 1.97 bits per heavy atom. The number of carbonyl (C=O) groups is 1. The molecule has 0 saturated carbocycles. The van der Waals surface area contributed by atoms with Crippen LogP contribution in [0.5, 0.6) is 0 Å². The Morgan fingerprint density at radius 3 is 2.77 bits per heavy atom. The van der Waals surface area contributed by atoms with Gasteiger partial charge in [0.15, 0.2) is 5.82 Å². The molecule has 0 spiro atoms. The predicted molar refractivity (Wildman–Crippen MR) is 116 cm³/mol. The maximum atomic E-state index is 12.9. The SMILES string of the molecule is CCCc1noc(-c2cccnc2N2CCCN(C(=O)c3ccc(Cl)cc3)CC2)n1. The molecule has 0 atom stereocenters. The van der Waals surface area contributed by atoms with Gasteiger partial charge in [0.05, 0.1) is 5.56 Å². The van der Waals surface area contributed by atoms with Gasteiger partial charge in [0.25, 0.3) is 11.8 Å². The maximum Gasteiger partial charge on any atom is 0.261 e. The molecule has 0 radical (unpaired) electrons. The number of aryl methyl sites for hydroxylation is 1. The Hall–Kier alpha value is -2.93. The molecule has 4 rings (SSSR count). The molecule has 2 aromatic heterocycles. The van der Waals surface area contributed by atoms with E-state index in [-0.39, 0.29) is 5.91 Å². The smallest absolute Gasteiger partial charge is 0.261 e. The van der Waals surface area contributed by atoms with Gasteiger partial charge in [-0.1, -0.05) is 23.7 Å². The van der Waals surface area contributed by atoms with Crippen molar-refractivity contribution in [1.29, 1.82) is 0 Å². The molecule has 0 N–H and O–H groups in total. The lowest BCUT2D eigenvalue weighted by molar-refractivity contribution is 0.0767. The molecule has 1 fully saturated rings. The molecule has 1 aliphatic rings. The largest absolute Gasteiger partial charge is 0.354 e. The summed E-state index contributed by atoms with van der Waals surface area (Å²) in [6, 6.07) is 10.9. The van der Waals surface area contributed by atoms with E-state index in [1.54, 1.807) is 30.5 Å². The third-order valence-electron chi connectivity index (χ3n) is 5.13. The Labute approximate surface area is 180 Å². The molecule has 3 heterocycles. The van der Waals surface area contributed by atoms with Crippen LogP contribution in [0.25, 0.3) is 11.5 Å². The van der Waals surface area contributed by atoms with Crippen LogP contribution in [0.3, 0.4) is 0 Å². The standard InChI is InChI=1S/C22H24ClN5O2/c1-2-5-19-25-21(30-26-19)18-6-3-11-24-20(18)27-12-4-13-28(15-14-27)22(29)16-7-9-17(23)10-8-16/h3,6-11H,2,4-5,12-15H2,1H3.